The Morgan fingerprint density at radius 1 is 0.571 bits per heavy atom. The van der Waals surface area contributed by atoms with E-state index in [1.54, 1.807) is 6.92 Å². The first-order valence-electron chi connectivity index (χ1n) is 1.90. The molecule has 0 heterocycles. The predicted octanol–water partition coefficient (Wildman–Crippen LogP) is -11.8. The summed E-state index contributed by atoms with van der Waals surface area (Å²) in [5.41, 5.74) is 0. The third-order valence-corrected chi connectivity index (χ3v) is 0.348. The third kappa shape index (κ3) is 1540. The molecule has 0 spiro atoms. The van der Waals surface area contributed by atoms with Crippen LogP contribution < -0.4 is 0 Å². The molecule has 0 unspecified atom stereocenters. The molecule has 0 aromatic rings. The van der Waals surface area contributed by atoms with Crippen molar-refractivity contribution >= 4 is 5.97 Å². The normalized spacial score (nSPS) is 2.19. The second kappa shape index (κ2) is 402. The van der Waals surface area contributed by atoms with Gasteiger partial charge in [-0.05, 0) is 6.92 Å². The van der Waals surface area contributed by atoms with Crippen LogP contribution in [0.2, 0.25) is 0 Å². The molecule has 17 nitrogen and oxygen atoms in total. The number of hydrogen-bond acceptors (Lipinski definition) is 2. The molecule has 0 aromatic heterocycles. The van der Waals surface area contributed by atoms with Gasteiger partial charge in [0.2, 0.25) is 0 Å². The van der Waals surface area contributed by atoms with Crippen molar-refractivity contribution in [2.45, 2.75) is 13.8 Å². The monoisotopic (exact) mass is 358 g/mol. The first-order valence-corrected chi connectivity index (χ1v) is 1.90. The molecule has 0 radical (unpaired) electrons. The van der Waals surface area contributed by atoms with Crippen LogP contribution in [-0.2, 0) is 9.53 Å². The van der Waals surface area contributed by atoms with Crippen molar-refractivity contribution in [2.24, 2.45) is 0 Å². The van der Waals surface area contributed by atoms with Crippen LogP contribution in [-0.4, -0.2) is 94.7 Å². The number of hydrogen-bond donors (Lipinski definition) is 0. The molecular formula is C4H38O17. The summed E-state index contributed by atoms with van der Waals surface area (Å²) in [5, 5.41) is 0. The minimum atomic E-state index is -0.211. The van der Waals surface area contributed by atoms with Crippen LogP contribution in [0.1, 0.15) is 13.8 Å². The van der Waals surface area contributed by atoms with Gasteiger partial charge in [-0.25, -0.2) is 0 Å². The maximum Gasteiger partial charge on any atom is 0.302 e. The second-order valence-electron chi connectivity index (χ2n) is 0.925. The Balaban J connectivity index is -0.00000000119. The number of carbonyl (C=O) groups excluding carboxylic acids is 1. The van der Waals surface area contributed by atoms with Gasteiger partial charge < -0.3 is 86.9 Å². The van der Waals surface area contributed by atoms with Gasteiger partial charge in [0.25, 0.3) is 0 Å². The van der Waals surface area contributed by atoms with E-state index in [4.69, 9.17) is 0 Å². The van der Waals surface area contributed by atoms with E-state index in [2.05, 4.69) is 4.74 Å². The molecule has 156 valence electrons. The van der Waals surface area contributed by atoms with Crippen molar-refractivity contribution < 1.29 is 91.7 Å². The van der Waals surface area contributed by atoms with Crippen LogP contribution in [0, 0.1) is 0 Å². The van der Waals surface area contributed by atoms with Crippen LogP contribution in [0.15, 0.2) is 0 Å². The van der Waals surface area contributed by atoms with E-state index in [1.165, 1.54) is 6.92 Å². The van der Waals surface area contributed by atoms with Gasteiger partial charge in [0.15, 0.2) is 0 Å². The zero-order chi connectivity index (χ0) is 4.99. The summed E-state index contributed by atoms with van der Waals surface area (Å²) < 4.78 is 4.40. The minimum absolute atomic E-state index is 0. The van der Waals surface area contributed by atoms with Gasteiger partial charge >= 0.3 is 5.97 Å². The van der Waals surface area contributed by atoms with Crippen molar-refractivity contribution in [3.8, 4) is 0 Å². The van der Waals surface area contributed by atoms with Crippen molar-refractivity contribution in [3.05, 3.63) is 0 Å². The molecule has 0 fully saturated rings. The van der Waals surface area contributed by atoms with E-state index in [-0.39, 0.29) is 88.1 Å². The highest BCUT2D eigenvalue weighted by molar-refractivity contribution is 5.65. The SMILES string of the molecule is CCOC(C)=O.O.O.O.O.O.O.O.O.O.O.O.O.O.O.O. The quantitative estimate of drug-likeness (QED) is 0.411. The van der Waals surface area contributed by atoms with E-state index in [1.807, 2.05) is 0 Å². The zero-order valence-corrected chi connectivity index (χ0v) is 11.5. The van der Waals surface area contributed by atoms with Crippen molar-refractivity contribution in [1.82, 2.24) is 0 Å². The van der Waals surface area contributed by atoms with E-state index < -0.39 is 0 Å². The minimum Gasteiger partial charge on any atom is -0.466 e. The van der Waals surface area contributed by atoms with Gasteiger partial charge in [-0.3, -0.25) is 4.79 Å². The Bertz CT molecular complexity index is 58.8. The molecule has 0 atom stereocenters. The molecule has 0 amide bonds. The summed E-state index contributed by atoms with van der Waals surface area (Å²) in [6.07, 6.45) is 0. The summed E-state index contributed by atoms with van der Waals surface area (Å²) in [7, 11) is 0. The van der Waals surface area contributed by atoms with E-state index in [0.717, 1.165) is 0 Å². The maximum atomic E-state index is 9.82. The summed E-state index contributed by atoms with van der Waals surface area (Å²) in [6, 6.07) is 0. The Hall–Kier alpha value is -1.13. The maximum absolute atomic E-state index is 9.82. The van der Waals surface area contributed by atoms with Gasteiger partial charge in [-0.15, -0.1) is 0 Å². The fourth-order valence-electron chi connectivity index (χ4n) is 0.203. The summed E-state index contributed by atoms with van der Waals surface area (Å²) in [6.45, 7) is 3.65. The van der Waals surface area contributed by atoms with Crippen molar-refractivity contribution in [2.75, 3.05) is 6.61 Å². The van der Waals surface area contributed by atoms with E-state index in [0.29, 0.717) is 6.61 Å². The fourth-order valence-corrected chi connectivity index (χ4v) is 0.203. The molecule has 17 heteroatoms. The average Bonchev–Trinajstić information content (AvgIpc) is 1.35. The lowest BCUT2D eigenvalue weighted by Gasteiger charge is -1.89. The van der Waals surface area contributed by atoms with Crippen LogP contribution in [0.5, 0.6) is 0 Å². The highest BCUT2D eigenvalue weighted by Crippen LogP contribution is 1.69. The fraction of sp³-hybridized carbons (Fsp3) is 0.750. The molecule has 0 bridgehead atoms. The first kappa shape index (κ1) is 472. The van der Waals surface area contributed by atoms with Gasteiger partial charge in [0.1, 0.15) is 0 Å². The number of ether oxygens (including phenoxy) is 1. The van der Waals surface area contributed by atoms with E-state index in [9.17, 15) is 4.79 Å². The van der Waals surface area contributed by atoms with Gasteiger partial charge in [0, 0.05) is 6.92 Å². The lowest BCUT2D eigenvalue weighted by atomic mass is 10.8. The zero-order valence-electron chi connectivity index (χ0n) is 11.5. The van der Waals surface area contributed by atoms with Crippen LogP contribution in [0.4, 0.5) is 0 Å². The van der Waals surface area contributed by atoms with Crippen LogP contribution >= 0.6 is 0 Å². The molecule has 0 rings (SSSR count). The second-order valence-corrected chi connectivity index (χ2v) is 0.925. The molecule has 0 aromatic carbocycles. The Labute approximate surface area is 119 Å². The lowest BCUT2D eigenvalue weighted by molar-refractivity contribution is -0.140. The molecule has 0 aliphatic heterocycles. The molecule has 21 heavy (non-hydrogen) atoms. The average molecular weight is 358 g/mol. The molecule has 0 aliphatic carbocycles. The summed E-state index contributed by atoms with van der Waals surface area (Å²) in [5.74, 6) is -0.211. The molecule has 0 aliphatic rings. The highest BCUT2D eigenvalue weighted by Gasteiger charge is 1.81. The number of rotatable bonds is 1. The number of esters is 1. The largest absolute Gasteiger partial charge is 0.466 e. The highest BCUT2D eigenvalue weighted by atomic mass is 16.5. The topological polar surface area (TPSA) is 499 Å². The van der Waals surface area contributed by atoms with E-state index >= 15 is 0 Å². The number of carbonyl (C=O) groups is 1. The summed E-state index contributed by atoms with van der Waals surface area (Å²) >= 11 is 0. The Morgan fingerprint density at radius 3 is 0.714 bits per heavy atom. The molecule has 0 saturated heterocycles. The Kier molecular flexibility index (Phi) is 9050. The standard InChI is InChI=1S/C4H8O2.15H2O/c1-3-6-4(2)5;;;;;;;;;;;;;;;/h3H2,1-2H3;15*1H2. The molecule has 0 saturated carbocycles. The predicted molar refractivity (Wildman–Crippen MR) is 76.5 cm³/mol. The van der Waals surface area contributed by atoms with Crippen LogP contribution in [0.3, 0.4) is 0 Å². The van der Waals surface area contributed by atoms with Gasteiger partial charge in [-0.2, -0.15) is 0 Å². The van der Waals surface area contributed by atoms with Gasteiger partial charge in [0.05, 0.1) is 6.61 Å². The molecule has 30 N–H and O–H groups in total. The van der Waals surface area contributed by atoms with Crippen LogP contribution in [0.25, 0.3) is 0 Å². The first-order chi connectivity index (χ1) is 2.77. The molecular weight excluding hydrogens is 320 g/mol. The van der Waals surface area contributed by atoms with Crippen molar-refractivity contribution in [3.63, 3.8) is 0 Å². The lowest BCUT2D eigenvalue weighted by Crippen LogP contribution is -1.95. The van der Waals surface area contributed by atoms with Crippen molar-refractivity contribution in [1.29, 1.82) is 0 Å². The third-order valence-electron chi connectivity index (χ3n) is 0.348. The smallest absolute Gasteiger partial charge is 0.302 e. The summed E-state index contributed by atoms with van der Waals surface area (Å²) in [4.78, 5) is 9.82. The van der Waals surface area contributed by atoms with Gasteiger partial charge in [-0.1, -0.05) is 0 Å². The Morgan fingerprint density at radius 2 is 0.714 bits per heavy atom.